The third kappa shape index (κ3) is 3.81. The zero-order chi connectivity index (χ0) is 24.5. The Labute approximate surface area is 210 Å². The van der Waals surface area contributed by atoms with Crippen molar-refractivity contribution in [2.24, 2.45) is 0 Å². The molecule has 0 N–H and O–H groups in total. The molecule has 0 spiro atoms. The number of aromatic nitrogens is 2. The van der Waals surface area contributed by atoms with Gasteiger partial charge in [0.15, 0.2) is 0 Å². The standard InChI is InChI=1S/C33H24N2O/c1-3-4-16-26-22(2)36-33-27(17-11-18-28(26)33)25-19-20-29-30(21-25)35-32(24-14-9-6-10-15-24)31(34-29)23-12-7-5-8-13-23/h3-21H,1H2,2H3/b16-4-. The fourth-order valence-electron chi connectivity index (χ4n) is 4.67. The maximum absolute atomic E-state index is 6.24. The molecule has 0 aliphatic rings. The highest BCUT2D eigenvalue weighted by atomic mass is 16.3. The normalized spacial score (nSPS) is 11.5. The molecule has 36 heavy (non-hydrogen) atoms. The van der Waals surface area contributed by atoms with E-state index in [4.69, 9.17) is 14.4 Å². The van der Waals surface area contributed by atoms with Crippen molar-refractivity contribution in [3.05, 3.63) is 127 Å². The van der Waals surface area contributed by atoms with Crippen LogP contribution >= 0.6 is 0 Å². The first-order valence-corrected chi connectivity index (χ1v) is 12.0. The SMILES string of the molecule is C=C/C=C\c1c(C)oc2c(-c3ccc4nc(-c5ccccc5)c(-c5ccccc5)nc4c3)cccc12. The molecule has 2 heterocycles. The van der Waals surface area contributed by atoms with Gasteiger partial charge in [-0.25, -0.2) is 9.97 Å². The molecule has 0 bridgehead atoms. The van der Waals surface area contributed by atoms with Gasteiger partial charge in [0.05, 0.1) is 22.4 Å². The Kier molecular flexibility index (Phi) is 5.51. The van der Waals surface area contributed by atoms with E-state index in [-0.39, 0.29) is 0 Å². The highest BCUT2D eigenvalue weighted by molar-refractivity contribution is 5.99. The first kappa shape index (κ1) is 21.8. The van der Waals surface area contributed by atoms with E-state index in [2.05, 4.69) is 61.2 Å². The summed E-state index contributed by atoms with van der Waals surface area (Å²) in [7, 11) is 0. The minimum Gasteiger partial charge on any atom is -0.460 e. The number of hydrogen-bond donors (Lipinski definition) is 0. The summed E-state index contributed by atoms with van der Waals surface area (Å²) in [6, 6.07) is 33.0. The molecule has 0 aliphatic heterocycles. The highest BCUT2D eigenvalue weighted by Gasteiger charge is 2.16. The smallest absolute Gasteiger partial charge is 0.142 e. The van der Waals surface area contributed by atoms with Gasteiger partial charge in [-0.1, -0.05) is 110 Å². The van der Waals surface area contributed by atoms with Crippen molar-refractivity contribution in [1.29, 1.82) is 0 Å². The number of benzene rings is 4. The molecule has 172 valence electrons. The zero-order valence-corrected chi connectivity index (χ0v) is 20.0. The molecule has 6 rings (SSSR count). The zero-order valence-electron chi connectivity index (χ0n) is 20.0. The number of nitrogens with zero attached hydrogens (tertiary/aromatic N) is 2. The van der Waals surface area contributed by atoms with Gasteiger partial charge < -0.3 is 4.42 Å². The number of furan rings is 1. The molecule has 3 nitrogen and oxygen atoms in total. The maximum Gasteiger partial charge on any atom is 0.142 e. The van der Waals surface area contributed by atoms with Crippen molar-refractivity contribution in [1.82, 2.24) is 9.97 Å². The van der Waals surface area contributed by atoms with E-state index in [1.165, 1.54) is 0 Å². The summed E-state index contributed by atoms with van der Waals surface area (Å²) in [5.74, 6) is 0.884. The average Bonchev–Trinajstić information content (AvgIpc) is 3.26. The largest absolute Gasteiger partial charge is 0.460 e. The van der Waals surface area contributed by atoms with Crippen LogP contribution in [0.2, 0.25) is 0 Å². The van der Waals surface area contributed by atoms with E-state index in [1.54, 1.807) is 6.08 Å². The Bertz CT molecular complexity index is 1750. The van der Waals surface area contributed by atoms with E-state index >= 15 is 0 Å². The number of hydrogen-bond acceptors (Lipinski definition) is 3. The predicted octanol–water partition coefficient (Wildman–Crippen LogP) is 8.88. The molecule has 0 unspecified atom stereocenters. The lowest BCUT2D eigenvalue weighted by atomic mass is 10.00. The summed E-state index contributed by atoms with van der Waals surface area (Å²) in [6.07, 6.45) is 5.75. The lowest BCUT2D eigenvalue weighted by molar-refractivity contribution is 0.578. The first-order chi connectivity index (χ1) is 17.7. The Balaban J connectivity index is 1.55. The quantitative estimate of drug-likeness (QED) is 0.239. The summed E-state index contributed by atoms with van der Waals surface area (Å²) in [6.45, 7) is 5.78. The van der Waals surface area contributed by atoms with Gasteiger partial charge in [-0.05, 0) is 24.6 Å². The Morgan fingerprint density at radius 3 is 2.03 bits per heavy atom. The third-order valence-electron chi connectivity index (χ3n) is 6.41. The van der Waals surface area contributed by atoms with Crippen molar-refractivity contribution >= 4 is 28.1 Å². The van der Waals surface area contributed by atoms with Gasteiger partial charge in [0, 0.05) is 27.6 Å². The van der Waals surface area contributed by atoms with Crippen LogP contribution in [0.25, 0.3) is 61.7 Å². The molecule has 2 aromatic heterocycles. The van der Waals surface area contributed by atoms with E-state index in [9.17, 15) is 0 Å². The molecular formula is C33H24N2O. The monoisotopic (exact) mass is 464 g/mol. The van der Waals surface area contributed by atoms with Crippen LogP contribution in [0, 0.1) is 6.92 Å². The van der Waals surface area contributed by atoms with Crippen LogP contribution in [0.4, 0.5) is 0 Å². The molecule has 6 aromatic rings. The van der Waals surface area contributed by atoms with Crippen molar-refractivity contribution in [3.63, 3.8) is 0 Å². The topological polar surface area (TPSA) is 38.9 Å². The molecule has 0 saturated heterocycles. The molecule has 0 radical (unpaired) electrons. The minimum atomic E-state index is 0.845. The van der Waals surface area contributed by atoms with Crippen molar-refractivity contribution < 1.29 is 4.42 Å². The second-order valence-electron chi connectivity index (χ2n) is 8.71. The summed E-state index contributed by atoms with van der Waals surface area (Å²) < 4.78 is 6.24. The van der Waals surface area contributed by atoms with Crippen LogP contribution in [0.3, 0.4) is 0 Å². The Morgan fingerprint density at radius 1 is 0.694 bits per heavy atom. The van der Waals surface area contributed by atoms with Gasteiger partial charge in [0.2, 0.25) is 0 Å². The molecule has 0 saturated carbocycles. The van der Waals surface area contributed by atoms with Gasteiger partial charge in [-0.2, -0.15) is 0 Å². The number of fused-ring (bicyclic) bond motifs is 2. The number of para-hydroxylation sites is 1. The lowest BCUT2D eigenvalue weighted by Crippen LogP contribution is -1.95. The molecular weight excluding hydrogens is 440 g/mol. The number of aryl methyl sites for hydroxylation is 1. The Hall–Kier alpha value is -4.76. The second kappa shape index (κ2) is 9.12. The number of rotatable bonds is 5. The molecule has 0 fully saturated rings. The fourth-order valence-corrected chi connectivity index (χ4v) is 4.67. The second-order valence-corrected chi connectivity index (χ2v) is 8.71. The van der Waals surface area contributed by atoms with Gasteiger partial charge in [0.1, 0.15) is 11.3 Å². The summed E-state index contributed by atoms with van der Waals surface area (Å²) in [4.78, 5) is 10.2. The maximum atomic E-state index is 6.24. The van der Waals surface area contributed by atoms with Crippen LogP contribution in [0.5, 0.6) is 0 Å². The average molecular weight is 465 g/mol. The Morgan fingerprint density at radius 2 is 1.36 bits per heavy atom. The van der Waals surface area contributed by atoms with Crippen molar-refractivity contribution in [2.75, 3.05) is 0 Å². The molecule has 0 atom stereocenters. The molecule has 0 amide bonds. The van der Waals surface area contributed by atoms with Gasteiger partial charge in [-0.3, -0.25) is 0 Å². The van der Waals surface area contributed by atoms with Crippen LogP contribution in [0.1, 0.15) is 11.3 Å². The van der Waals surface area contributed by atoms with E-state index in [1.807, 2.05) is 61.5 Å². The van der Waals surface area contributed by atoms with Crippen LogP contribution < -0.4 is 0 Å². The summed E-state index contributed by atoms with van der Waals surface area (Å²) in [5.41, 5.74) is 9.56. The van der Waals surface area contributed by atoms with Crippen LogP contribution in [-0.2, 0) is 0 Å². The van der Waals surface area contributed by atoms with Gasteiger partial charge in [-0.15, -0.1) is 0 Å². The minimum absolute atomic E-state index is 0.845. The van der Waals surface area contributed by atoms with Crippen LogP contribution in [0.15, 0.2) is 120 Å². The van der Waals surface area contributed by atoms with Gasteiger partial charge in [0.25, 0.3) is 0 Å². The van der Waals surface area contributed by atoms with E-state index in [0.717, 1.165) is 67.0 Å². The number of allylic oxidation sites excluding steroid dienone is 2. The third-order valence-corrected chi connectivity index (χ3v) is 6.41. The van der Waals surface area contributed by atoms with E-state index < -0.39 is 0 Å². The van der Waals surface area contributed by atoms with Crippen molar-refractivity contribution in [3.8, 4) is 33.6 Å². The summed E-state index contributed by atoms with van der Waals surface area (Å²) >= 11 is 0. The molecule has 3 heteroatoms. The fraction of sp³-hybridized carbons (Fsp3) is 0.0303. The van der Waals surface area contributed by atoms with E-state index in [0.29, 0.717) is 0 Å². The highest BCUT2D eigenvalue weighted by Crippen LogP contribution is 2.37. The van der Waals surface area contributed by atoms with Gasteiger partial charge >= 0.3 is 0 Å². The van der Waals surface area contributed by atoms with Crippen LogP contribution in [-0.4, -0.2) is 9.97 Å². The first-order valence-electron chi connectivity index (χ1n) is 12.0. The molecule has 4 aromatic carbocycles. The molecule has 0 aliphatic carbocycles. The predicted molar refractivity (Wildman–Crippen MR) is 150 cm³/mol. The lowest BCUT2D eigenvalue weighted by Gasteiger charge is -2.11. The van der Waals surface area contributed by atoms with Crippen molar-refractivity contribution in [2.45, 2.75) is 6.92 Å². The summed E-state index contributed by atoms with van der Waals surface area (Å²) in [5, 5.41) is 1.08.